The average Bonchev–Trinajstić information content (AvgIpc) is 2.47. The first kappa shape index (κ1) is 15.4. The fraction of sp³-hybridized carbons (Fsp3) is 0.471. The maximum absolute atomic E-state index is 11.7. The molecule has 0 radical (unpaired) electrons. The van der Waals surface area contributed by atoms with Gasteiger partial charge in [0.25, 0.3) is 0 Å². The first-order valence-corrected chi connectivity index (χ1v) is 7.47. The maximum atomic E-state index is 11.7. The quantitative estimate of drug-likeness (QED) is 0.474. The fourth-order valence-corrected chi connectivity index (χ4v) is 2.77. The third-order valence-corrected chi connectivity index (χ3v) is 3.69. The van der Waals surface area contributed by atoms with Gasteiger partial charge in [0, 0.05) is 18.4 Å². The van der Waals surface area contributed by atoms with Gasteiger partial charge in [-0.1, -0.05) is 36.3 Å². The van der Waals surface area contributed by atoms with E-state index in [1.54, 1.807) is 0 Å². The van der Waals surface area contributed by atoms with Crippen molar-refractivity contribution >= 4 is 17.3 Å². The van der Waals surface area contributed by atoms with E-state index in [4.69, 9.17) is 4.84 Å². The third-order valence-electron chi connectivity index (χ3n) is 3.69. The summed E-state index contributed by atoms with van der Waals surface area (Å²) in [5.41, 5.74) is 2.87. The summed E-state index contributed by atoms with van der Waals surface area (Å²) in [6.45, 7) is 4.43. The molecular weight excluding hydrogens is 266 g/mol. The van der Waals surface area contributed by atoms with Crippen molar-refractivity contribution in [2.75, 3.05) is 6.61 Å². The van der Waals surface area contributed by atoms with Crippen LogP contribution in [0.1, 0.15) is 56.6 Å². The standard InChI is InChI=1S/C17H21NO3/c1-3-17(18-21-4-2)16-8-6-5-7-15(16)12-9-13(19)11-14(20)10-12/h5-8,12H,3-4,9-11H2,1-2H3. The molecule has 1 aromatic rings. The van der Waals surface area contributed by atoms with E-state index in [9.17, 15) is 9.59 Å². The predicted octanol–water partition coefficient (Wildman–Crippen LogP) is 3.24. The van der Waals surface area contributed by atoms with Crippen molar-refractivity contribution < 1.29 is 14.4 Å². The lowest BCUT2D eigenvalue weighted by Gasteiger charge is -2.23. The molecule has 0 bridgehead atoms. The molecule has 0 unspecified atom stereocenters. The van der Waals surface area contributed by atoms with Crippen LogP contribution in [-0.2, 0) is 14.4 Å². The Hall–Kier alpha value is -1.97. The van der Waals surface area contributed by atoms with Gasteiger partial charge in [-0.2, -0.15) is 0 Å². The van der Waals surface area contributed by atoms with Gasteiger partial charge in [0.15, 0.2) is 0 Å². The normalized spacial score (nSPS) is 17.1. The first-order valence-electron chi connectivity index (χ1n) is 7.47. The summed E-state index contributed by atoms with van der Waals surface area (Å²) >= 11 is 0. The van der Waals surface area contributed by atoms with Crippen molar-refractivity contribution in [1.29, 1.82) is 0 Å². The smallest absolute Gasteiger partial charge is 0.140 e. The van der Waals surface area contributed by atoms with Crippen LogP contribution in [0.4, 0.5) is 0 Å². The van der Waals surface area contributed by atoms with E-state index in [0.29, 0.717) is 19.4 Å². The Morgan fingerprint density at radius 3 is 2.48 bits per heavy atom. The van der Waals surface area contributed by atoms with Crippen molar-refractivity contribution in [2.24, 2.45) is 5.16 Å². The van der Waals surface area contributed by atoms with Crippen molar-refractivity contribution in [3.63, 3.8) is 0 Å². The van der Waals surface area contributed by atoms with Crippen LogP contribution in [0, 0.1) is 0 Å². The Morgan fingerprint density at radius 1 is 1.19 bits per heavy atom. The van der Waals surface area contributed by atoms with E-state index < -0.39 is 0 Å². The molecule has 0 atom stereocenters. The zero-order valence-electron chi connectivity index (χ0n) is 12.6. The van der Waals surface area contributed by atoms with E-state index in [2.05, 4.69) is 5.16 Å². The minimum atomic E-state index is -0.0340. The van der Waals surface area contributed by atoms with Crippen LogP contribution in [0.15, 0.2) is 29.4 Å². The van der Waals surface area contributed by atoms with Crippen molar-refractivity contribution in [3.8, 4) is 0 Å². The summed E-state index contributed by atoms with van der Waals surface area (Å²) in [5.74, 6) is 0.0324. The molecule has 0 spiro atoms. The Kier molecular flexibility index (Phi) is 5.26. The van der Waals surface area contributed by atoms with Crippen LogP contribution < -0.4 is 0 Å². The van der Waals surface area contributed by atoms with Gasteiger partial charge >= 0.3 is 0 Å². The number of hydrogen-bond acceptors (Lipinski definition) is 4. The number of Topliss-reactive ketones (excluding diaryl/α,β-unsaturated/α-hetero) is 2. The molecule has 0 heterocycles. The summed E-state index contributed by atoms with van der Waals surface area (Å²) in [4.78, 5) is 28.6. The van der Waals surface area contributed by atoms with E-state index in [0.717, 1.165) is 23.3 Å². The molecule has 1 fully saturated rings. The van der Waals surface area contributed by atoms with Gasteiger partial charge in [0.1, 0.15) is 18.2 Å². The molecule has 0 amide bonds. The maximum Gasteiger partial charge on any atom is 0.140 e. The molecule has 1 aromatic carbocycles. The number of carbonyl (C=O) groups is 2. The van der Waals surface area contributed by atoms with Gasteiger partial charge in [-0.3, -0.25) is 9.59 Å². The Bertz CT molecular complexity index is 547. The Morgan fingerprint density at radius 2 is 1.86 bits per heavy atom. The summed E-state index contributed by atoms with van der Waals surface area (Å²) < 4.78 is 0. The minimum absolute atomic E-state index is 0.0332. The summed E-state index contributed by atoms with van der Waals surface area (Å²) in [7, 11) is 0. The molecule has 1 aliphatic carbocycles. The molecule has 2 rings (SSSR count). The average molecular weight is 287 g/mol. The SMILES string of the molecule is CCON=C(CC)c1ccccc1C1CC(=O)CC(=O)C1. The largest absolute Gasteiger partial charge is 0.396 e. The molecule has 4 heteroatoms. The highest BCUT2D eigenvalue weighted by Crippen LogP contribution is 2.32. The zero-order chi connectivity index (χ0) is 15.2. The minimum Gasteiger partial charge on any atom is -0.396 e. The van der Waals surface area contributed by atoms with Gasteiger partial charge in [-0.15, -0.1) is 0 Å². The lowest BCUT2D eigenvalue weighted by Crippen LogP contribution is -2.22. The topological polar surface area (TPSA) is 55.7 Å². The van der Waals surface area contributed by atoms with E-state index in [1.165, 1.54) is 0 Å². The van der Waals surface area contributed by atoms with Gasteiger partial charge in [0.05, 0.1) is 12.1 Å². The second-order valence-electron chi connectivity index (χ2n) is 5.26. The predicted molar refractivity (Wildman–Crippen MR) is 81.5 cm³/mol. The van der Waals surface area contributed by atoms with Gasteiger partial charge in [0.2, 0.25) is 0 Å². The van der Waals surface area contributed by atoms with E-state index >= 15 is 0 Å². The van der Waals surface area contributed by atoms with Crippen LogP contribution in [0.3, 0.4) is 0 Å². The van der Waals surface area contributed by atoms with E-state index in [-0.39, 0.29) is 23.9 Å². The molecule has 1 saturated carbocycles. The molecule has 0 aliphatic heterocycles. The van der Waals surface area contributed by atoms with Crippen LogP contribution in [0.2, 0.25) is 0 Å². The van der Waals surface area contributed by atoms with Gasteiger partial charge in [-0.05, 0) is 24.8 Å². The third kappa shape index (κ3) is 3.78. The molecule has 0 N–H and O–H groups in total. The molecule has 112 valence electrons. The Labute approximate surface area is 125 Å². The molecule has 4 nitrogen and oxygen atoms in total. The number of benzene rings is 1. The number of rotatable bonds is 5. The second-order valence-corrected chi connectivity index (χ2v) is 5.26. The number of nitrogens with zero attached hydrogens (tertiary/aromatic N) is 1. The van der Waals surface area contributed by atoms with Gasteiger partial charge in [-0.25, -0.2) is 0 Å². The highest BCUT2D eigenvalue weighted by molar-refractivity contribution is 6.04. The lowest BCUT2D eigenvalue weighted by molar-refractivity contribution is -0.130. The van der Waals surface area contributed by atoms with Crippen LogP contribution >= 0.6 is 0 Å². The van der Waals surface area contributed by atoms with E-state index in [1.807, 2.05) is 38.1 Å². The summed E-state index contributed by atoms with van der Waals surface area (Å²) in [6, 6.07) is 7.86. The highest BCUT2D eigenvalue weighted by atomic mass is 16.6. The fourth-order valence-electron chi connectivity index (χ4n) is 2.77. The summed E-state index contributed by atoms with van der Waals surface area (Å²) in [6.07, 6.45) is 1.71. The lowest BCUT2D eigenvalue weighted by atomic mass is 9.80. The van der Waals surface area contributed by atoms with Crippen molar-refractivity contribution in [2.45, 2.75) is 45.4 Å². The molecular formula is C17H21NO3. The monoisotopic (exact) mass is 287 g/mol. The molecule has 0 saturated heterocycles. The highest BCUT2D eigenvalue weighted by Gasteiger charge is 2.28. The number of ketones is 2. The van der Waals surface area contributed by atoms with Gasteiger partial charge < -0.3 is 4.84 Å². The Balaban J connectivity index is 2.36. The number of oxime groups is 1. The van der Waals surface area contributed by atoms with Crippen LogP contribution in [0.5, 0.6) is 0 Å². The summed E-state index contributed by atoms with van der Waals surface area (Å²) in [5, 5.41) is 4.17. The number of hydrogen-bond donors (Lipinski definition) is 0. The molecule has 1 aliphatic rings. The molecule has 0 aromatic heterocycles. The van der Waals surface area contributed by atoms with Crippen molar-refractivity contribution in [1.82, 2.24) is 0 Å². The van der Waals surface area contributed by atoms with Crippen LogP contribution in [-0.4, -0.2) is 23.9 Å². The van der Waals surface area contributed by atoms with Crippen LogP contribution in [0.25, 0.3) is 0 Å². The van der Waals surface area contributed by atoms with Crippen molar-refractivity contribution in [3.05, 3.63) is 35.4 Å². The molecule has 21 heavy (non-hydrogen) atoms. The second kappa shape index (κ2) is 7.16. The zero-order valence-corrected chi connectivity index (χ0v) is 12.6. The number of carbonyl (C=O) groups excluding carboxylic acids is 2. The first-order chi connectivity index (χ1) is 10.2.